The summed E-state index contributed by atoms with van der Waals surface area (Å²) in [5, 5.41) is 2.65. The first-order chi connectivity index (χ1) is 21.1. The van der Waals surface area contributed by atoms with Crippen LogP contribution in [0.15, 0.2) is 71.9 Å². The molecule has 2 rings (SSSR count). The lowest BCUT2D eigenvalue weighted by Gasteiger charge is -2.40. The highest BCUT2D eigenvalue weighted by Crippen LogP contribution is 2.30. The van der Waals surface area contributed by atoms with Gasteiger partial charge in [0.15, 0.2) is 0 Å². The van der Waals surface area contributed by atoms with Crippen molar-refractivity contribution in [1.29, 1.82) is 0 Å². The third-order valence-electron chi connectivity index (χ3n) is 7.64. The second kappa shape index (κ2) is 21.3. The minimum atomic E-state index is -0.288. The number of esters is 1. The van der Waals surface area contributed by atoms with E-state index in [0.29, 0.717) is 37.6 Å². The summed E-state index contributed by atoms with van der Waals surface area (Å²) in [6.45, 7) is 11.3. The summed E-state index contributed by atoms with van der Waals surface area (Å²) in [6, 6.07) is -0.158. The third kappa shape index (κ3) is 14.5. The van der Waals surface area contributed by atoms with E-state index in [0.717, 1.165) is 36.3 Å². The Morgan fingerprint density at radius 2 is 1.98 bits per heavy atom. The predicted molar refractivity (Wildman–Crippen MR) is 185 cm³/mol. The molecule has 44 heavy (non-hydrogen) atoms. The molecule has 0 aromatic heterocycles. The zero-order valence-corrected chi connectivity index (χ0v) is 28.9. The standard InChI is InChI=1S/C35H52N2O5S2/c1-7-10-32-29(5)16-18-33(42-32)31(37(6)34(39)19-21-43-44-22-20-36-25-38)13-8-11-26(2)23-28(4)24-27(3)15-17-30-12-9-14-35(40)41-30/h7-11,13-15,17,24-25,28-33H,12,16,18-23H2,1-6H3,(H,36,38)/b10-7+,13-8+,17-15+,26-11+,27-24-. The Morgan fingerprint density at radius 3 is 2.70 bits per heavy atom. The molecule has 2 amide bonds. The molecular weight excluding hydrogens is 593 g/mol. The molecule has 0 aromatic rings. The zero-order valence-electron chi connectivity index (χ0n) is 27.3. The van der Waals surface area contributed by atoms with Crippen molar-refractivity contribution in [3.63, 3.8) is 0 Å². The fourth-order valence-corrected chi connectivity index (χ4v) is 7.21. The van der Waals surface area contributed by atoms with Gasteiger partial charge in [0.2, 0.25) is 12.3 Å². The van der Waals surface area contributed by atoms with Crippen molar-refractivity contribution in [1.82, 2.24) is 10.2 Å². The van der Waals surface area contributed by atoms with Gasteiger partial charge >= 0.3 is 5.97 Å². The second-order valence-electron chi connectivity index (χ2n) is 11.6. The van der Waals surface area contributed by atoms with Crippen LogP contribution < -0.4 is 5.32 Å². The molecule has 2 aliphatic rings. The molecule has 1 fully saturated rings. The van der Waals surface area contributed by atoms with E-state index in [1.165, 1.54) is 11.6 Å². The monoisotopic (exact) mass is 644 g/mol. The molecule has 0 radical (unpaired) electrons. The van der Waals surface area contributed by atoms with Gasteiger partial charge in [-0.3, -0.25) is 9.59 Å². The average molecular weight is 645 g/mol. The average Bonchev–Trinajstić information content (AvgIpc) is 2.98. The Hall–Kier alpha value is -2.49. The molecule has 0 spiro atoms. The highest BCUT2D eigenvalue weighted by atomic mass is 33.1. The van der Waals surface area contributed by atoms with E-state index in [1.807, 2.05) is 43.2 Å². The van der Waals surface area contributed by atoms with E-state index >= 15 is 0 Å². The first kappa shape index (κ1) is 37.7. The maximum absolute atomic E-state index is 13.2. The number of nitrogens with one attached hydrogen (secondary N) is 1. The van der Waals surface area contributed by atoms with Crippen LogP contribution in [0.25, 0.3) is 0 Å². The molecule has 2 aliphatic heterocycles. The number of hydrogen-bond donors (Lipinski definition) is 1. The van der Waals surface area contributed by atoms with E-state index in [9.17, 15) is 14.4 Å². The van der Waals surface area contributed by atoms with Crippen LogP contribution in [0.4, 0.5) is 0 Å². The Bertz CT molecular complexity index is 1100. The molecule has 6 atom stereocenters. The van der Waals surface area contributed by atoms with Crippen LogP contribution in [0.1, 0.15) is 66.7 Å². The SMILES string of the molecule is C/C=C/C1OC(C(/C=C/C=C(\C)CC(C)/C=C(C)\C=C\C2CC=CC(=O)O2)N(C)C(=O)CCSSCCNC=O)CCC1C. The molecule has 6 unspecified atom stereocenters. The Morgan fingerprint density at radius 1 is 1.20 bits per heavy atom. The van der Waals surface area contributed by atoms with Crippen LogP contribution in [0.5, 0.6) is 0 Å². The summed E-state index contributed by atoms with van der Waals surface area (Å²) in [7, 11) is 5.21. The van der Waals surface area contributed by atoms with Crippen molar-refractivity contribution in [3.05, 3.63) is 71.9 Å². The number of rotatable bonds is 18. The smallest absolute Gasteiger partial charge is 0.331 e. The Labute approximate surface area is 273 Å². The lowest BCUT2D eigenvalue weighted by atomic mass is 9.89. The van der Waals surface area contributed by atoms with Gasteiger partial charge < -0.3 is 19.7 Å². The number of likely N-dealkylation sites (N-methyl/N-ethyl adjacent to an activating group) is 1. The van der Waals surface area contributed by atoms with Crippen LogP contribution in [-0.4, -0.2) is 72.6 Å². The van der Waals surface area contributed by atoms with E-state index in [-0.39, 0.29) is 36.2 Å². The van der Waals surface area contributed by atoms with Gasteiger partial charge in [0.25, 0.3) is 0 Å². The van der Waals surface area contributed by atoms with E-state index in [4.69, 9.17) is 9.47 Å². The third-order valence-corrected chi connectivity index (χ3v) is 10.1. The fraction of sp³-hybridized carbons (Fsp3) is 0.571. The molecule has 244 valence electrons. The number of amides is 2. The van der Waals surface area contributed by atoms with Gasteiger partial charge in [0, 0.05) is 44.0 Å². The van der Waals surface area contributed by atoms with Crippen LogP contribution in [0.2, 0.25) is 0 Å². The minimum absolute atomic E-state index is 0.0499. The molecule has 0 saturated carbocycles. The molecule has 1 N–H and O–H groups in total. The Kier molecular flexibility index (Phi) is 18.2. The number of ether oxygens (including phenoxy) is 2. The molecule has 0 aromatic carbocycles. The van der Waals surface area contributed by atoms with Gasteiger partial charge in [-0.05, 0) is 57.9 Å². The molecule has 7 nitrogen and oxygen atoms in total. The highest BCUT2D eigenvalue weighted by molar-refractivity contribution is 8.76. The maximum Gasteiger partial charge on any atom is 0.331 e. The molecule has 0 aliphatic carbocycles. The van der Waals surface area contributed by atoms with Crippen LogP contribution in [-0.2, 0) is 23.9 Å². The van der Waals surface area contributed by atoms with E-state index < -0.39 is 0 Å². The van der Waals surface area contributed by atoms with E-state index in [2.05, 4.69) is 63.4 Å². The highest BCUT2D eigenvalue weighted by Gasteiger charge is 2.34. The molecule has 9 heteroatoms. The number of carbonyl (C=O) groups is 3. The topological polar surface area (TPSA) is 84.9 Å². The van der Waals surface area contributed by atoms with Gasteiger partial charge in [-0.15, -0.1) is 0 Å². The van der Waals surface area contributed by atoms with Crippen LogP contribution in [0.3, 0.4) is 0 Å². The first-order valence-corrected chi connectivity index (χ1v) is 18.2. The van der Waals surface area contributed by atoms with Crippen molar-refractivity contribution < 1.29 is 23.9 Å². The largest absolute Gasteiger partial charge is 0.455 e. The molecule has 0 bridgehead atoms. The maximum atomic E-state index is 13.2. The van der Waals surface area contributed by atoms with Gasteiger partial charge in [0.05, 0.1) is 18.2 Å². The van der Waals surface area contributed by atoms with Crippen molar-refractivity contribution in [2.75, 3.05) is 25.1 Å². The summed E-state index contributed by atoms with van der Waals surface area (Å²) in [4.78, 5) is 36.9. The summed E-state index contributed by atoms with van der Waals surface area (Å²) >= 11 is 0. The number of cyclic esters (lactones) is 1. The number of nitrogens with zero attached hydrogens (tertiary/aromatic N) is 1. The molecular formula is C35H52N2O5S2. The van der Waals surface area contributed by atoms with Gasteiger partial charge in [-0.2, -0.15) is 0 Å². The lowest BCUT2D eigenvalue weighted by Crippen LogP contribution is -2.48. The van der Waals surface area contributed by atoms with Crippen molar-refractivity contribution in [2.45, 2.75) is 91.1 Å². The van der Waals surface area contributed by atoms with Crippen molar-refractivity contribution in [3.8, 4) is 0 Å². The predicted octanol–water partition coefficient (Wildman–Crippen LogP) is 6.99. The second-order valence-corrected chi connectivity index (χ2v) is 14.3. The number of carbonyl (C=O) groups excluding carboxylic acids is 3. The summed E-state index contributed by atoms with van der Waals surface area (Å²) in [5.74, 6) is 2.13. The Balaban J connectivity index is 2.02. The quantitative estimate of drug-likeness (QED) is 0.0430. The normalized spacial score (nSPS) is 24.5. The van der Waals surface area contributed by atoms with Gasteiger partial charge in [-0.25, -0.2) is 4.79 Å². The van der Waals surface area contributed by atoms with Crippen LogP contribution >= 0.6 is 21.6 Å². The molecule has 1 saturated heterocycles. The number of allylic oxidation sites excluding steroid dienone is 7. The minimum Gasteiger partial charge on any atom is -0.455 e. The van der Waals surface area contributed by atoms with Crippen molar-refractivity contribution >= 4 is 39.9 Å². The van der Waals surface area contributed by atoms with Gasteiger partial charge in [0.1, 0.15) is 6.10 Å². The first-order valence-electron chi connectivity index (χ1n) is 15.7. The summed E-state index contributed by atoms with van der Waals surface area (Å²) < 4.78 is 11.9. The van der Waals surface area contributed by atoms with Crippen LogP contribution in [0, 0.1) is 11.8 Å². The van der Waals surface area contributed by atoms with Gasteiger partial charge in [-0.1, -0.05) is 95.2 Å². The van der Waals surface area contributed by atoms with E-state index in [1.54, 1.807) is 21.6 Å². The fourth-order valence-electron chi connectivity index (χ4n) is 5.31. The van der Waals surface area contributed by atoms with Crippen molar-refractivity contribution in [2.24, 2.45) is 11.8 Å². The zero-order chi connectivity index (χ0) is 32.3. The number of hydrogen-bond acceptors (Lipinski definition) is 7. The lowest BCUT2D eigenvalue weighted by molar-refractivity contribution is -0.141. The molecule has 2 heterocycles. The summed E-state index contributed by atoms with van der Waals surface area (Å²) in [5.41, 5.74) is 2.39. The summed E-state index contributed by atoms with van der Waals surface area (Å²) in [6.07, 6.45) is 24.6.